The summed E-state index contributed by atoms with van der Waals surface area (Å²) in [6.07, 6.45) is 0.819. The topological polar surface area (TPSA) is 38.5 Å². The molecule has 3 nitrogen and oxygen atoms in total. The highest BCUT2D eigenvalue weighted by Crippen LogP contribution is 2.29. The Kier molecular flexibility index (Phi) is 4.37. The molecule has 104 valence electrons. The number of nitrogens with two attached hydrogens (primary N) is 1. The first kappa shape index (κ1) is 14.2. The number of halogens is 1. The van der Waals surface area contributed by atoms with Crippen LogP contribution in [0.4, 0.5) is 4.39 Å². The van der Waals surface area contributed by atoms with Crippen molar-refractivity contribution in [1.82, 2.24) is 4.90 Å². The molecule has 0 aromatic heterocycles. The lowest BCUT2D eigenvalue weighted by Crippen LogP contribution is -2.37. The lowest BCUT2D eigenvalue weighted by atomic mass is 10.1. The van der Waals surface area contributed by atoms with E-state index in [4.69, 9.17) is 22.7 Å². The third kappa shape index (κ3) is 3.64. The number of ether oxygens (including phenoxy) is 1. The molecule has 0 saturated heterocycles. The summed E-state index contributed by atoms with van der Waals surface area (Å²) < 4.78 is 18.9. The third-order valence-corrected chi connectivity index (χ3v) is 3.75. The average molecular weight is 282 g/mol. The molecule has 1 heterocycles. The van der Waals surface area contributed by atoms with Gasteiger partial charge in [-0.2, -0.15) is 0 Å². The molecule has 1 aromatic rings. The predicted molar refractivity (Wildman–Crippen MR) is 78.0 cm³/mol. The van der Waals surface area contributed by atoms with Crippen molar-refractivity contribution in [3.8, 4) is 5.75 Å². The summed E-state index contributed by atoms with van der Waals surface area (Å²) in [7, 11) is 2.02. The van der Waals surface area contributed by atoms with E-state index in [9.17, 15) is 4.39 Å². The molecule has 19 heavy (non-hydrogen) atoms. The predicted octanol–water partition coefficient (Wildman–Crippen LogP) is 1.98. The van der Waals surface area contributed by atoms with Crippen molar-refractivity contribution in [2.45, 2.75) is 19.4 Å². The summed E-state index contributed by atoms with van der Waals surface area (Å²) >= 11 is 4.97. The molecule has 0 fully saturated rings. The van der Waals surface area contributed by atoms with E-state index < -0.39 is 0 Å². The molecule has 0 radical (unpaired) electrons. The van der Waals surface area contributed by atoms with E-state index in [1.165, 1.54) is 6.07 Å². The van der Waals surface area contributed by atoms with Gasteiger partial charge in [0.05, 0.1) is 4.99 Å². The molecular weight excluding hydrogens is 263 g/mol. The fourth-order valence-corrected chi connectivity index (χ4v) is 2.45. The monoisotopic (exact) mass is 282 g/mol. The summed E-state index contributed by atoms with van der Waals surface area (Å²) in [5.41, 5.74) is 6.56. The molecule has 1 aliphatic heterocycles. The van der Waals surface area contributed by atoms with E-state index in [0.717, 1.165) is 30.8 Å². The number of thiocarbonyl (C=S) groups is 1. The Bertz CT molecular complexity index is 481. The van der Waals surface area contributed by atoms with Crippen LogP contribution in [0.15, 0.2) is 18.2 Å². The highest BCUT2D eigenvalue weighted by atomic mass is 32.1. The maximum atomic E-state index is 13.1. The van der Waals surface area contributed by atoms with Crippen molar-refractivity contribution in [1.29, 1.82) is 0 Å². The quantitative estimate of drug-likeness (QED) is 0.838. The smallest absolute Gasteiger partial charge is 0.123 e. The second-order valence-electron chi connectivity index (χ2n) is 5.22. The van der Waals surface area contributed by atoms with Crippen molar-refractivity contribution in [3.63, 3.8) is 0 Å². The molecular formula is C14H19FN2OS. The molecule has 2 rings (SSSR count). The van der Waals surface area contributed by atoms with Gasteiger partial charge in [0.15, 0.2) is 0 Å². The van der Waals surface area contributed by atoms with Crippen LogP contribution in [0.3, 0.4) is 0 Å². The second-order valence-corrected chi connectivity index (χ2v) is 5.69. The Morgan fingerprint density at radius 3 is 3.05 bits per heavy atom. The highest BCUT2D eigenvalue weighted by molar-refractivity contribution is 7.80. The Labute approximate surface area is 118 Å². The minimum atomic E-state index is -0.210. The zero-order valence-electron chi connectivity index (χ0n) is 11.2. The average Bonchev–Trinajstić information content (AvgIpc) is 2.69. The van der Waals surface area contributed by atoms with Gasteiger partial charge in [-0.3, -0.25) is 0 Å². The molecule has 1 aromatic carbocycles. The summed E-state index contributed by atoms with van der Waals surface area (Å²) in [6, 6.07) is 4.68. The summed E-state index contributed by atoms with van der Waals surface area (Å²) in [6.45, 7) is 3.60. The van der Waals surface area contributed by atoms with Crippen molar-refractivity contribution >= 4 is 17.2 Å². The summed E-state index contributed by atoms with van der Waals surface area (Å²) in [5, 5.41) is 0. The van der Waals surface area contributed by atoms with Gasteiger partial charge in [-0.25, -0.2) is 4.39 Å². The lowest BCUT2D eigenvalue weighted by Gasteiger charge is -2.23. The van der Waals surface area contributed by atoms with Crippen LogP contribution in [-0.4, -0.2) is 36.1 Å². The molecule has 2 atom stereocenters. The number of hydrogen-bond donors (Lipinski definition) is 1. The van der Waals surface area contributed by atoms with Gasteiger partial charge >= 0.3 is 0 Å². The standard InChI is InChI=1S/C14H19FN2OS/c1-9(14(16)19)7-17(2)8-12-6-10-5-11(15)3-4-13(10)18-12/h3-5,9,12H,6-8H2,1-2H3,(H2,16,19). The Morgan fingerprint density at radius 1 is 1.63 bits per heavy atom. The van der Waals surface area contributed by atoms with Gasteiger partial charge in [-0.15, -0.1) is 0 Å². The van der Waals surface area contributed by atoms with Gasteiger partial charge in [0.2, 0.25) is 0 Å². The molecule has 0 spiro atoms. The van der Waals surface area contributed by atoms with Gasteiger partial charge in [-0.1, -0.05) is 19.1 Å². The summed E-state index contributed by atoms with van der Waals surface area (Å²) in [5.74, 6) is 0.766. The van der Waals surface area contributed by atoms with E-state index in [0.29, 0.717) is 4.99 Å². The molecule has 1 aliphatic rings. The van der Waals surface area contributed by atoms with E-state index in [1.54, 1.807) is 12.1 Å². The largest absolute Gasteiger partial charge is 0.488 e. The highest BCUT2D eigenvalue weighted by Gasteiger charge is 2.24. The first-order chi connectivity index (χ1) is 8.95. The Balaban J connectivity index is 1.88. The van der Waals surface area contributed by atoms with E-state index in [2.05, 4.69) is 4.90 Å². The van der Waals surface area contributed by atoms with E-state index in [-0.39, 0.29) is 17.8 Å². The van der Waals surface area contributed by atoms with Crippen LogP contribution in [0.1, 0.15) is 12.5 Å². The number of nitrogens with zero attached hydrogens (tertiary/aromatic N) is 1. The zero-order chi connectivity index (χ0) is 14.0. The van der Waals surface area contributed by atoms with Crippen molar-refractivity contribution < 1.29 is 9.13 Å². The molecule has 2 N–H and O–H groups in total. The zero-order valence-corrected chi connectivity index (χ0v) is 12.0. The fraction of sp³-hybridized carbons (Fsp3) is 0.500. The van der Waals surface area contributed by atoms with E-state index >= 15 is 0 Å². The van der Waals surface area contributed by atoms with Crippen molar-refractivity contribution in [2.75, 3.05) is 20.1 Å². The van der Waals surface area contributed by atoms with Crippen molar-refractivity contribution in [2.24, 2.45) is 11.7 Å². The molecule has 2 unspecified atom stereocenters. The van der Waals surface area contributed by atoms with Gasteiger partial charge in [0, 0.05) is 31.0 Å². The number of hydrogen-bond acceptors (Lipinski definition) is 3. The number of rotatable bonds is 5. The number of benzene rings is 1. The minimum absolute atomic E-state index is 0.0698. The van der Waals surface area contributed by atoms with Crippen molar-refractivity contribution in [3.05, 3.63) is 29.6 Å². The minimum Gasteiger partial charge on any atom is -0.488 e. The third-order valence-electron chi connectivity index (χ3n) is 3.35. The van der Waals surface area contributed by atoms with Crippen LogP contribution in [0.2, 0.25) is 0 Å². The van der Waals surface area contributed by atoms with Gasteiger partial charge in [0.1, 0.15) is 17.7 Å². The van der Waals surface area contributed by atoms with Crippen LogP contribution in [-0.2, 0) is 6.42 Å². The van der Waals surface area contributed by atoms with Gasteiger partial charge in [0.25, 0.3) is 0 Å². The number of fused-ring (bicyclic) bond motifs is 1. The first-order valence-corrected chi connectivity index (χ1v) is 6.79. The molecule has 0 saturated carbocycles. The lowest BCUT2D eigenvalue weighted by molar-refractivity contribution is 0.164. The number of likely N-dealkylation sites (N-methyl/N-ethyl adjacent to an activating group) is 1. The van der Waals surface area contributed by atoms with E-state index in [1.807, 2.05) is 14.0 Å². The normalized spacial score (nSPS) is 19.1. The maximum Gasteiger partial charge on any atom is 0.123 e. The summed E-state index contributed by atoms with van der Waals surface area (Å²) in [4.78, 5) is 2.68. The maximum absolute atomic E-state index is 13.1. The van der Waals surface area contributed by atoms with Crippen LogP contribution < -0.4 is 10.5 Å². The van der Waals surface area contributed by atoms with Crippen LogP contribution in [0.5, 0.6) is 5.75 Å². The molecule has 0 amide bonds. The fourth-order valence-electron chi connectivity index (χ4n) is 2.37. The molecule has 5 heteroatoms. The van der Waals surface area contributed by atoms with Crippen LogP contribution >= 0.6 is 12.2 Å². The van der Waals surface area contributed by atoms with Crippen LogP contribution in [0.25, 0.3) is 0 Å². The Hall–Kier alpha value is -1.20. The Morgan fingerprint density at radius 2 is 2.37 bits per heavy atom. The van der Waals surface area contributed by atoms with Gasteiger partial charge < -0.3 is 15.4 Å². The second kappa shape index (κ2) is 5.84. The van der Waals surface area contributed by atoms with Gasteiger partial charge in [-0.05, 0) is 25.2 Å². The van der Waals surface area contributed by atoms with Crippen LogP contribution in [0, 0.1) is 11.7 Å². The first-order valence-electron chi connectivity index (χ1n) is 6.38. The SMILES string of the molecule is CC(CN(C)CC1Cc2cc(F)ccc2O1)C(N)=S. The molecule has 0 aliphatic carbocycles. The molecule has 0 bridgehead atoms.